The standard InChI is InChI=1S/C25H24N4O4/c1-33-15-5-14-29-23(30)21-13-12-20(16-22(21)24(29)31)28-25(32)27-19-10-8-18(9-11-19)26-17-6-3-2-4-7-17/h2-4,6-13,16,26H,5,14-15H2,1H3,(H2,27,28,32). The Hall–Kier alpha value is -4.17. The Bertz CT molecular complexity index is 1160. The highest BCUT2D eigenvalue weighted by Crippen LogP contribution is 2.26. The molecule has 0 aromatic heterocycles. The van der Waals surface area contributed by atoms with Crippen LogP contribution in [-0.4, -0.2) is 43.0 Å². The molecule has 3 N–H and O–H groups in total. The molecule has 0 atom stereocenters. The fraction of sp³-hybridized carbons (Fsp3) is 0.160. The third-order valence-corrected chi connectivity index (χ3v) is 5.16. The van der Waals surface area contributed by atoms with Crippen LogP contribution in [-0.2, 0) is 4.74 Å². The fourth-order valence-corrected chi connectivity index (χ4v) is 3.56. The van der Waals surface area contributed by atoms with Gasteiger partial charge in [-0.3, -0.25) is 14.5 Å². The highest BCUT2D eigenvalue weighted by Gasteiger charge is 2.35. The van der Waals surface area contributed by atoms with Crippen molar-refractivity contribution < 1.29 is 19.1 Å². The molecule has 4 rings (SSSR count). The summed E-state index contributed by atoms with van der Waals surface area (Å²) in [4.78, 5) is 38.7. The van der Waals surface area contributed by atoms with E-state index in [0.717, 1.165) is 11.4 Å². The third-order valence-electron chi connectivity index (χ3n) is 5.16. The smallest absolute Gasteiger partial charge is 0.323 e. The molecule has 1 heterocycles. The first-order valence-corrected chi connectivity index (χ1v) is 10.5. The van der Waals surface area contributed by atoms with E-state index in [2.05, 4.69) is 16.0 Å². The average molecular weight is 444 g/mol. The summed E-state index contributed by atoms with van der Waals surface area (Å²) in [6, 6.07) is 21.3. The lowest BCUT2D eigenvalue weighted by Crippen LogP contribution is -2.31. The maximum absolute atomic E-state index is 12.6. The number of anilines is 4. The number of amides is 4. The minimum absolute atomic E-state index is 0.284. The van der Waals surface area contributed by atoms with Crippen molar-refractivity contribution in [2.45, 2.75) is 6.42 Å². The predicted molar refractivity (Wildman–Crippen MR) is 127 cm³/mol. The summed E-state index contributed by atoms with van der Waals surface area (Å²) in [6.45, 7) is 0.752. The quantitative estimate of drug-likeness (QED) is 0.345. The number of rotatable bonds is 8. The first-order valence-electron chi connectivity index (χ1n) is 10.5. The van der Waals surface area contributed by atoms with Crippen LogP contribution in [0.3, 0.4) is 0 Å². The molecule has 3 aromatic rings. The minimum atomic E-state index is -0.451. The zero-order valence-electron chi connectivity index (χ0n) is 18.1. The van der Waals surface area contributed by atoms with Crippen LogP contribution < -0.4 is 16.0 Å². The van der Waals surface area contributed by atoms with E-state index in [9.17, 15) is 14.4 Å². The second-order valence-corrected chi connectivity index (χ2v) is 7.52. The summed E-state index contributed by atoms with van der Waals surface area (Å²) in [6.07, 6.45) is 0.565. The molecule has 0 saturated carbocycles. The molecule has 0 bridgehead atoms. The van der Waals surface area contributed by atoms with Crippen molar-refractivity contribution in [3.63, 3.8) is 0 Å². The number of carbonyl (C=O) groups is 3. The van der Waals surface area contributed by atoms with Crippen molar-refractivity contribution in [2.24, 2.45) is 0 Å². The van der Waals surface area contributed by atoms with Gasteiger partial charge in [0.15, 0.2) is 0 Å². The summed E-state index contributed by atoms with van der Waals surface area (Å²) in [7, 11) is 1.57. The number of fused-ring (bicyclic) bond motifs is 1. The fourth-order valence-electron chi connectivity index (χ4n) is 3.56. The second-order valence-electron chi connectivity index (χ2n) is 7.52. The lowest BCUT2D eigenvalue weighted by Gasteiger charge is -2.12. The molecule has 0 saturated heterocycles. The van der Waals surface area contributed by atoms with Gasteiger partial charge >= 0.3 is 6.03 Å². The number of para-hydroxylation sites is 1. The van der Waals surface area contributed by atoms with Gasteiger partial charge in [-0.1, -0.05) is 18.2 Å². The number of urea groups is 1. The van der Waals surface area contributed by atoms with Gasteiger partial charge < -0.3 is 20.7 Å². The lowest BCUT2D eigenvalue weighted by molar-refractivity contribution is 0.0638. The highest BCUT2D eigenvalue weighted by atomic mass is 16.5. The topological polar surface area (TPSA) is 99.8 Å². The Morgan fingerprint density at radius 3 is 2.12 bits per heavy atom. The molecular formula is C25H24N4O4. The van der Waals surface area contributed by atoms with E-state index in [-0.39, 0.29) is 17.4 Å². The van der Waals surface area contributed by atoms with Crippen molar-refractivity contribution in [3.05, 3.63) is 83.9 Å². The van der Waals surface area contributed by atoms with Crippen LogP contribution in [0.25, 0.3) is 0 Å². The summed E-state index contributed by atoms with van der Waals surface area (Å²) in [5, 5.41) is 8.74. The minimum Gasteiger partial charge on any atom is -0.385 e. The molecule has 1 aliphatic heterocycles. The molecule has 8 nitrogen and oxygen atoms in total. The lowest BCUT2D eigenvalue weighted by atomic mass is 10.1. The number of hydrogen-bond donors (Lipinski definition) is 3. The predicted octanol–water partition coefficient (Wildman–Crippen LogP) is 4.71. The molecule has 4 amide bonds. The average Bonchev–Trinajstić information content (AvgIpc) is 3.05. The van der Waals surface area contributed by atoms with Crippen LogP contribution in [0.2, 0.25) is 0 Å². The van der Waals surface area contributed by atoms with Crippen molar-refractivity contribution in [2.75, 3.05) is 36.2 Å². The second kappa shape index (κ2) is 9.97. The van der Waals surface area contributed by atoms with Crippen LogP contribution in [0.1, 0.15) is 27.1 Å². The van der Waals surface area contributed by atoms with Gasteiger partial charge in [-0.25, -0.2) is 4.79 Å². The zero-order chi connectivity index (χ0) is 23.2. The maximum atomic E-state index is 12.6. The van der Waals surface area contributed by atoms with Gasteiger partial charge in [-0.2, -0.15) is 0 Å². The number of nitrogens with zero attached hydrogens (tertiary/aromatic N) is 1. The monoisotopic (exact) mass is 444 g/mol. The number of methoxy groups -OCH3 is 1. The number of nitrogens with one attached hydrogen (secondary N) is 3. The number of carbonyl (C=O) groups excluding carboxylic acids is 3. The molecule has 1 aliphatic rings. The van der Waals surface area contributed by atoms with E-state index in [1.54, 1.807) is 31.4 Å². The van der Waals surface area contributed by atoms with E-state index < -0.39 is 6.03 Å². The SMILES string of the molecule is COCCCN1C(=O)c2ccc(NC(=O)Nc3ccc(Nc4ccccc4)cc3)cc2C1=O. The first kappa shape index (κ1) is 22.0. The Morgan fingerprint density at radius 1 is 0.788 bits per heavy atom. The summed E-state index contributed by atoms with van der Waals surface area (Å²) < 4.78 is 4.99. The Morgan fingerprint density at radius 2 is 1.39 bits per heavy atom. The van der Waals surface area contributed by atoms with E-state index >= 15 is 0 Å². The molecule has 8 heteroatoms. The molecule has 0 fully saturated rings. The maximum Gasteiger partial charge on any atom is 0.323 e. The van der Waals surface area contributed by atoms with Gasteiger partial charge in [0.25, 0.3) is 11.8 Å². The number of ether oxygens (including phenoxy) is 1. The van der Waals surface area contributed by atoms with Gasteiger partial charge in [-0.15, -0.1) is 0 Å². The van der Waals surface area contributed by atoms with E-state index in [1.807, 2.05) is 42.5 Å². The largest absolute Gasteiger partial charge is 0.385 e. The Balaban J connectivity index is 1.36. The zero-order valence-corrected chi connectivity index (χ0v) is 18.1. The van der Waals surface area contributed by atoms with Crippen molar-refractivity contribution >= 4 is 40.6 Å². The molecule has 33 heavy (non-hydrogen) atoms. The molecular weight excluding hydrogens is 420 g/mol. The molecule has 0 spiro atoms. The van der Waals surface area contributed by atoms with Gasteiger partial charge in [-0.05, 0) is 61.0 Å². The van der Waals surface area contributed by atoms with Crippen molar-refractivity contribution in [1.29, 1.82) is 0 Å². The normalized spacial score (nSPS) is 12.5. The first-order chi connectivity index (χ1) is 16.0. The molecule has 0 radical (unpaired) electrons. The Kier molecular flexibility index (Phi) is 6.66. The van der Waals surface area contributed by atoms with Crippen molar-refractivity contribution in [1.82, 2.24) is 4.90 Å². The number of benzene rings is 3. The van der Waals surface area contributed by atoms with Crippen molar-refractivity contribution in [3.8, 4) is 0 Å². The summed E-state index contributed by atoms with van der Waals surface area (Å²) in [5.74, 6) is -0.692. The van der Waals surface area contributed by atoms with Crippen LogP contribution in [0.4, 0.5) is 27.5 Å². The van der Waals surface area contributed by atoms with E-state index in [0.29, 0.717) is 36.5 Å². The highest BCUT2D eigenvalue weighted by molar-refractivity contribution is 6.22. The van der Waals surface area contributed by atoms with Crippen LogP contribution in [0.15, 0.2) is 72.8 Å². The molecule has 0 aliphatic carbocycles. The van der Waals surface area contributed by atoms with E-state index in [1.165, 1.54) is 11.0 Å². The number of imide groups is 1. The van der Waals surface area contributed by atoms with Crippen LogP contribution >= 0.6 is 0 Å². The third kappa shape index (κ3) is 5.19. The van der Waals surface area contributed by atoms with Gasteiger partial charge in [0, 0.05) is 43.0 Å². The number of hydrogen-bond acceptors (Lipinski definition) is 5. The molecule has 3 aromatic carbocycles. The van der Waals surface area contributed by atoms with Gasteiger partial charge in [0.2, 0.25) is 0 Å². The van der Waals surface area contributed by atoms with Gasteiger partial charge in [0.1, 0.15) is 0 Å². The molecule has 168 valence electrons. The summed E-state index contributed by atoms with van der Waals surface area (Å²) in [5.41, 5.74) is 3.52. The van der Waals surface area contributed by atoms with Crippen LogP contribution in [0.5, 0.6) is 0 Å². The van der Waals surface area contributed by atoms with E-state index in [4.69, 9.17) is 4.74 Å². The Labute approximate surface area is 191 Å². The van der Waals surface area contributed by atoms with Crippen LogP contribution in [0, 0.1) is 0 Å². The summed E-state index contributed by atoms with van der Waals surface area (Å²) >= 11 is 0. The molecule has 0 unspecified atom stereocenters. The van der Waals surface area contributed by atoms with Gasteiger partial charge in [0.05, 0.1) is 11.1 Å².